The first-order chi connectivity index (χ1) is 9.17. The number of aromatic hydroxyl groups is 1. The molecule has 0 amide bonds. The van der Waals surface area contributed by atoms with Crippen molar-refractivity contribution in [1.82, 2.24) is 15.0 Å². The van der Waals surface area contributed by atoms with Gasteiger partial charge in [0.15, 0.2) is 0 Å². The van der Waals surface area contributed by atoms with E-state index in [9.17, 15) is 5.11 Å². The molecule has 2 aromatic carbocycles. The van der Waals surface area contributed by atoms with Gasteiger partial charge >= 0.3 is 0 Å². The lowest BCUT2D eigenvalue weighted by molar-refractivity contribution is 0.415. The average Bonchev–Trinajstić information content (AvgIpc) is 2.80. The second-order valence-corrected chi connectivity index (χ2v) is 4.34. The van der Waals surface area contributed by atoms with Gasteiger partial charge in [0.1, 0.15) is 28.2 Å². The van der Waals surface area contributed by atoms with Gasteiger partial charge in [-0.1, -0.05) is 6.07 Å². The molecule has 0 atom stereocenters. The van der Waals surface area contributed by atoms with Gasteiger partial charge in [-0.2, -0.15) is 0 Å². The van der Waals surface area contributed by atoms with Crippen molar-refractivity contribution in [1.29, 1.82) is 0 Å². The highest BCUT2D eigenvalue weighted by molar-refractivity contribution is 5.75. The Bertz CT molecular complexity index is 750. The van der Waals surface area contributed by atoms with Crippen molar-refractivity contribution in [2.24, 2.45) is 0 Å². The normalized spacial score (nSPS) is 10.8. The number of rotatable bonds is 2. The molecule has 0 radical (unpaired) electrons. The topological polar surface area (TPSA) is 60.2 Å². The SMILES string of the molecule is COc1ccc2nn(-c3ccc(C)cc3O)nc2c1. The fourth-order valence-corrected chi connectivity index (χ4v) is 1.93. The molecule has 0 saturated carbocycles. The Balaban J connectivity index is 2.14. The van der Waals surface area contributed by atoms with Gasteiger partial charge in [0.05, 0.1) is 7.11 Å². The molecule has 0 aliphatic heterocycles. The summed E-state index contributed by atoms with van der Waals surface area (Å²) in [6, 6.07) is 10.9. The minimum absolute atomic E-state index is 0.160. The maximum absolute atomic E-state index is 9.95. The van der Waals surface area contributed by atoms with Crippen LogP contribution >= 0.6 is 0 Å². The van der Waals surface area contributed by atoms with Crippen LogP contribution in [0.1, 0.15) is 5.56 Å². The molecule has 0 saturated heterocycles. The van der Waals surface area contributed by atoms with Crippen LogP contribution in [0.25, 0.3) is 16.7 Å². The molecule has 0 spiro atoms. The zero-order valence-corrected chi connectivity index (χ0v) is 10.7. The van der Waals surface area contributed by atoms with E-state index in [4.69, 9.17) is 4.74 Å². The molecule has 19 heavy (non-hydrogen) atoms. The molecular weight excluding hydrogens is 242 g/mol. The fourth-order valence-electron chi connectivity index (χ4n) is 1.93. The molecule has 5 heteroatoms. The molecule has 0 unspecified atom stereocenters. The maximum atomic E-state index is 9.95. The summed E-state index contributed by atoms with van der Waals surface area (Å²) in [6.07, 6.45) is 0. The highest BCUT2D eigenvalue weighted by Crippen LogP contribution is 2.24. The van der Waals surface area contributed by atoms with Crippen LogP contribution < -0.4 is 4.74 Å². The zero-order chi connectivity index (χ0) is 13.4. The summed E-state index contributed by atoms with van der Waals surface area (Å²) in [5.74, 6) is 0.889. The molecule has 1 heterocycles. The number of nitrogens with zero attached hydrogens (tertiary/aromatic N) is 3. The maximum Gasteiger partial charge on any atom is 0.143 e. The Morgan fingerprint density at radius 1 is 1.05 bits per heavy atom. The van der Waals surface area contributed by atoms with Crippen molar-refractivity contribution in [2.75, 3.05) is 7.11 Å². The minimum Gasteiger partial charge on any atom is -0.506 e. The highest BCUT2D eigenvalue weighted by atomic mass is 16.5. The predicted molar refractivity (Wildman–Crippen MR) is 71.8 cm³/mol. The molecule has 1 aromatic heterocycles. The van der Waals surface area contributed by atoms with E-state index in [2.05, 4.69) is 10.2 Å². The van der Waals surface area contributed by atoms with Crippen molar-refractivity contribution in [3.05, 3.63) is 42.0 Å². The van der Waals surface area contributed by atoms with Gasteiger partial charge in [0.2, 0.25) is 0 Å². The van der Waals surface area contributed by atoms with E-state index < -0.39 is 0 Å². The molecule has 3 aromatic rings. The van der Waals surface area contributed by atoms with Crippen molar-refractivity contribution in [2.45, 2.75) is 6.92 Å². The lowest BCUT2D eigenvalue weighted by Crippen LogP contribution is -1.98. The second-order valence-electron chi connectivity index (χ2n) is 4.34. The van der Waals surface area contributed by atoms with Crippen LogP contribution in [0, 0.1) is 6.92 Å². The lowest BCUT2D eigenvalue weighted by atomic mass is 10.2. The van der Waals surface area contributed by atoms with E-state index in [1.807, 2.05) is 31.2 Å². The number of ether oxygens (including phenoxy) is 1. The Labute approximate surface area is 110 Å². The Hall–Kier alpha value is -2.56. The largest absolute Gasteiger partial charge is 0.506 e. The van der Waals surface area contributed by atoms with Gasteiger partial charge < -0.3 is 9.84 Å². The molecule has 0 bridgehead atoms. The Morgan fingerprint density at radius 3 is 2.58 bits per heavy atom. The smallest absolute Gasteiger partial charge is 0.143 e. The number of benzene rings is 2. The first-order valence-corrected chi connectivity index (χ1v) is 5.88. The summed E-state index contributed by atoms with van der Waals surface area (Å²) in [5.41, 5.74) is 3.01. The Morgan fingerprint density at radius 2 is 1.84 bits per heavy atom. The molecule has 0 aliphatic carbocycles. The van der Waals surface area contributed by atoms with Gasteiger partial charge in [0, 0.05) is 6.07 Å². The summed E-state index contributed by atoms with van der Waals surface area (Å²) in [6.45, 7) is 1.92. The van der Waals surface area contributed by atoms with Crippen molar-refractivity contribution in [3.8, 4) is 17.2 Å². The molecule has 96 valence electrons. The lowest BCUT2D eigenvalue weighted by Gasteiger charge is -2.03. The third kappa shape index (κ3) is 1.99. The standard InChI is InChI=1S/C14H13N3O2/c1-9-3-6-13(14(18)7-9)17-15-11-5-4-10(19-2)8-12(11)16-17/h3-8,18H,1-2H3. The number of hydrogen-bond acceptors (Lipinski definition) is 4. The number of aromatic nitrogens is 3. The van der Waals surface area contributed by atoms with Gasteiger partial charge in [-0.25, -0.2) is 0 Å². The van der Waals surface area contributed by atoms with E-state index in [0.29, 0.717) is 5.69 Å². The van der Waals surface area contributed by atoms with Crippen LogP contribution in [-0.2, 0) is 0 Å². The van der Waals surface area contributed by atoms with Gasteiger partial charge in [-0.15, -0.1) is 15.0 Å². The minimum atomic E-state index is 0.160. The van der Waals surface area contributed by atoms with Crippen LogP contribution in [0.15, 0.2) is 36.4 Å². The number of methoxy groups -OCH3 is 1. The number of phenols is 1. The first-order valence-electron chi connectivity index (χ1n) is 5.88. The number of fused-ring (bicyclic) bond motifs is 1. The third-order valence-corrected chi connectivity index (χ3v) is 2.93. The molecule has 1 N–H and O–H groups in total. The third-order valence-electron chi connectivity index (χ3n) is 2.93. The summed E-state index contributed by atoms with van der Waals surface area (Å²) in [5, 5.41) is 18.6. The summed E-state index contributed by atoms with van der Waals surface area (Å²) < 4.78 is 5.15. The molecular formula is C14H13N3O2. The van der Waals surface area contributed by atoms with Crippen LogP contribution in [0.5, 0.6) is 11.5 Å². The number of aryl methyl sites for hydroxylation is 1. The predicted octanol–water partition coefficient (Wildman–Crippen LogP) is 2.44. The average molecular weight is 255 g/mol. The van der Waals surface area contributed by atoms with E-state index >= 15 is 0 Å². The molecule has 0 fully saturated rings. The summed E-state index contributed by atoms with van der Waals surface area (Å²) in [4.78, 5) is 1.43. The zero-order valence-electron chi connectivity index (χ0n) is 10.7. The van der Waals surface area contributed by atoms with Crippen LogP contribution in [-0.4, -0.2) is 27.2 Å². The van der Waals surface area contributed by atoms with Gasteiger partial charge in [-0.05, 0) is 36.8 Å². The van der Waals surface area contributed by atoms with E-state index in [0.717, 1.165) is 22.3 Å². The van der Waals surface area contributed by atoms with E-state index in [-0.39, 0.29) is 5.75 Å². The van der Waals surface area contributed by atoms with Crippen LogP contribution in [0.3, 0.4) is 0 Å². The van der Waals surface area contributed by atoms with Gasteiger partial charge in [0.25, 0.3) is 0 Å². The number of hydrogen-bond donors (Lipinski definition) is 1. The highest BCUT2D eigenvalue weighted by Gasteiger charge is 2.09. The fraction of sp³-hybridized carbons (Fsp3) is 0.143. The van der Waals surface area contributed by atoms with E-state index in [1.165, 1.54) is 4.80 Å². The van der Waals surface area contributed by atoms with Crippen molar-refractivity contribution in [3.63, 3.8) is 0 Å². The van der Waals surface area contributed by atoms with Gasteiger partial charge in [-0.3, -0.25) is 0 Å². The first kappa shape index (κ1) is 11.5. The summed E-state index contributed by atoms with van der Waals surface area (Å²) >= 11 is 0. The molecule has 0 aliphatic rings. The van der Waals surface area contributed by atoms with E-state index in [1.54, 1.807) is 19.2 Å². The quantitative estimate of drug-likeness (QED) is 0.764. The molecule has 5 nitrogen and oxygen atoms in total. The van der Waals surface area contributed by atoms with Crippen LogP contribution in [0.2, 0.25) is 0 Å². The molecule has 3 rings (SSSR count). The van der Waals surface area contributed by atoms with Crippen molar-refractivity contribution >= 4 is 11.0 Å². The Kier molecular flexibility index (Phi) is 2.59. The van der Waals surface area contributed by atoms with Crippen LogP contribution in [0.4, 0.5) is 0 Å². The second kappa shape index (κ2) is 4.28. The number of phenolic OH excluding ortho intramolecular Hbond substituents is 1. The van der Waals surface area contributed by atoms with Crippen molar-refractivity contribution < 1.29 is 9.84 Å². The summed E-state index contributed by atoms with van der Waals surface area (Å²) in [7, 11) is 1.61. The monoisotopic (exact) mass is 255 g/mol.